The number of rotatable bonds is 8. The number of hydrogen-bond donors (Lipinski definition) is 3. The van der Waals surface area contributed by atoms with E-state index >= 15 is 0 Å². The van der Waals surface area contributed by atoms with E-state index in [1.165, 1.54) is 5.56 Å². The summed E-state index contributed by atoms with van der Waals surface area (Å²) in [7, 11) is -1.90. The first kappa shape index (κ1) is 22.9. The van der Waals surface area contributed by atoms with E-state index in [9.17, 15) is 8.42 Å². The lowest BCUT2D eigenvalue weighted by atomic mass is 10.1. The standard InChI is InChI=1S/C22H32N4O2S/c1-22(2,3)26-29(27,28)20-15-9-8-14-19(20)17-25-21(23-4)24-16-10-13-18-11-6-5-7-12-18/h5-9,11-12,14-15,26H,10,13,16-17H2,1-4H3,(H2,23,24,25). The Labute approximate surface area is 174 Å². The molecule has 7 heteroatoms. The van der Waals surface area contributed by atoms with E-state index in [0.717, 1.165) is 19.4 Å². The summed E-state index contributed by atoms with van der Waals surface area (Å²) < 4.78 is 28.2. The molecule has 0 radical (unpaired) electrons. The SMILES string of the molecule is CN=C(NCCCc1ccccc1)NCc1ccccc1S(=O)(=O)NC(C)(C)C. The molecular formula is C22H32N4O2S. The topological polar surface area (TPSA) is 82.6 Å². The van der Waals surface area contributed by atoms with Crippen molar-refractivity contribution in [2.45, 2.75) is 50.6 Å². The van der Waals surface area contributed by atoms with Crippen molar-refractivity contribution in [3.05, 3.63) is 65.7 Å². The van der Waals surface area contributed by atoms with E-state index in [1.54, 1.807) is 19.2 Å². The van der Waals surface area contributed by atoms with E-state index < -0.39 is 15.6 Å². The minimum atomic E-state index is -3.61. The number of benzene rings is 2. The van der Waals surface area contributed by atoms with Gasteiger partial charge in [-0.2, -0.15) is 0 Å². The summed E-state index contributed by atoms with van der Waals surface area (Å²) in [5.41, 5.74) is 1.45. The van der Waals surface area contributed by atoms with Crippen molar-refractivity contribution < 1.29 is 8.42 Å². The van der Waals surface area contributed by atoms with Gasteiger partial charge < -0.3 is 10.6 Å². The lowest BCUT2D eigenvalue weighted by Gasteiger charge is -2.22. The Morgan fingerprint density at radius 2 is 1.62 bits per heavy atom. The van der Waals surface area contributed by atoms with Crippen molar-refractivity contribution in [1.82, 2.24) is 15.4 Å². The van der Waals surface area contributed by atoms with Crippen LogP contribution in [0.5, 0.6) is 0 Å². The number of nitrogens with one attached hydrogen (secondary N) is 3. The predicted molar refractivity (Wildman–Crippen MR) is 119 cm³/mol. The summed E-state index contributed by atoms with van der Waals surface area (Å²) in [5.74, 6) is 0.647. The van der Waals surface area contributed by atoms with Crippen LogP contribution in [0.15, 0.2) is 64.5 Å². The molecule has 0 unspecified atom stereocenters. The Morgan fingerprint density at radius 1 is 0.966 bits per heavy atom. The van der Waals surface area contributed by atoms with E-state index in [1.807, 2.05) is 51.1 Å². The summed E-state index contributed by atoms with van der Waals surface area (Å²) >= 11 is 0. The molecule has 0 fully saturated rings. The molecule has 0 aromatic heterocycles. The van der Waals surface area contributed by atoms with E-state index in [0.29, 0.717) is 18.1 Å². The third-order valence-electron chi connectivity index (χ3n) is 4.15. The normalized spacial score (nSPS) is 12.6. The number of sulfonamides is 1. The maximum atomic E-state index is 12.7. The Morgan fingerprint density at radius 3 is 2.28 bits per heavy atom. The molecule has 158 valence electrons. The highest BCUT2D eigenvalue weighted by Gasteiger charge is 2.24. The zero-order chi connectivity index (χ0) is 21.3. The van der Waals surface area contributed by atoms with Gasteiger partial charge in [-0.1, -0.05) is 48.5 Å². The van der Waals surface area contributed by atoms with E-state index in [2.05, 4.69) is 32.5 Å². The molecule has 29 heavy (non-hydrogen) atoms. The van der Waals surface area contributed by atoms with Crippen molar-refractivity contribution in [2.24, 2.45) is 4.99 Å². The third kappa shape index (κ3) is 7.87. The van der Waals surface area contributed by atoms with E-state index in [4.69, 9.17) is 0 Å². The quantitative estimate of drug-likeness (QED) is 0.351. The Balaban J connectivity index is 1.92. The second-order valence-corrected chi connectivity index (χ2v) is 9.56. The maximum Gasteiger partial charge on any atom is 0.241 e. The Kier molecular flexibility index (Phi) is 8.22. The molecule has 2 aromatic rings. The van der Waals surface area contributed by atoms with Crippen molar-refractivity contribution in [3.63, 3.8) is 0 Å². The molecular weight excluding hydrogens is 384 g/mol. The molecule has 6 nitrogen and oxygen atoms in total. The maximum absolute atomic E-state index is 12.7. The molecule has 0 bridgehead atoms. The molecule has 0 aliphatic carbocycles. The largest absolute Gasteiger partial charge is 0.356 e. The van der Waals surface area contributed by atoms with Crippen molar-refractivity contribution >= 4 is 16.0 Å². The van der Waals surface area contributed by atoms with Gasteiger partial charge in [-0.25, -0.2) is 13.1 Å². The molecule has 2 rings (SSSR count). The number of guanidine groups is 1. The predicted octanol–water partition coefficient (Wildman–Crippen LogP) is 3.06. The molecule has 0 aliphatic heterocycles. The zero-order valence-electron chi connectivity index (χ0n) is 17.7. The fourth-order valence-electron chi connectivity index (χ4n) is 2.91. The summed E-state index contributed by atoms with van der Waals surface area (Å²) in [5, 5.41) is 6.49. The van der Waals surface area contributed by atoms with Gasteiger partial charge in [0.15, 0.2) is 5.96 Å². The van der Waals surface area contributed by atoms with Crippen LogP contribution in [0.25, 0.3) is 0 Å². The summed E-state index contributed by atoms with van der Waals surface area (Å²) in [6.07, 6.45) is 1.97. The van der Waals surface area contributed by atoms with Crippen LogP contribution in [-0.2, 0) is 23.0 Å². The highest BCUT2D eigenvalue weighted by Crippen LogP contribution is 2.17. The molecule has 0 atom stereocenters. The molecule has 0 spiro atoms. The summed E-state index contributed by atoms with van der Waals surface area (Å²) in [4.78, 5) is 4.51. The Hall–Kier alpha value is -2.38. The lowest BCUT2D eigenvalue weighted by molar-refractivity contribution is 0.491. The van der Waals surface area contributed by atoms with Gasteiger partial charge in [0, 0.05) is 25.7 Å². The molecule has 0 aliphatic rings. The van der Waals surface area contributed by atoms with Gasteiger partial charge in [0.25, 0.3) is 0 Å². The molecule has 2 aromatic carbocycles. The highest BCUT2D eigenvalue weighted by molar-refractivity contribution is 7.89. The van der Waals surface area contributed by atoms with Crippen molar-refractivity contribution in [2.75, 3.05) is 13.6 Å². The summed E-state index contributed by atoms with van der Waals surface area (Å²) in [6.45, 7) is 6.62. The van der Waals surface area contributed by atoms with Crippen molar-refractivity contribution in [1.29, 1.82) is 0 Å². The summed E-state index contributed by atoms with van der Waals surface area (Å²) in [6, 6.07) is 17.4. The van der Waals surface area contributed by atoms with Gasteiger partial charge in [-0.15, -0.1) is 0 Å². The molecule has 0 saturated carbocycles. The van der Waals surface area contributed by atoms with E-state index in [-0.39, 0.29) is 4.90 Å². The van der Waals surface area contributed by atoms with Gasteiger partial charge in [-0.3, -0.25) is 4.99 Å². The van der Waals surface area contributed by atoms with Crippen LogP contribution in [-0.4, -0.2) is 33.5 Å². The minimum Gasteiger partial charge on any atom is -0.356 e. The van der Waals surface area contributed by atoms with Gasteiger partial charge in [0.2, 0.25) is 10.0 Å². The van der Waals surface area contributed by atoms with Crippen LogP contribution in [0.4, 0.5) is 0 Å². The van der Waals surface area contributed by atoms with Crippen LogP contribution in [0.1, 0.15) is 38.3 Å². The average molecular weight is 417 g/mol. The fourth-order valence-corrected chi connectivity index (χ4v) is 4.57. The van der Waals surface area contributed by atoms with Gasteiger partial charge in [0.1, 0.15) is 0 Å². The first-order valence-electron chi connectivity index (χ1n) is 9.81. The van der Waals surface area contributed by atoms with Crippen LogP contribution >= 0.6 is 0 Å². The first-order chi connectivity index (χ1) is 13.7. The molecule has 3 N–H and O–H groups in total. The van der Waals surface area contributed by atoms with Crippen LogP contribution in [0.3, 0.4) is 0 Å². The van der Waals surface area contributed by atoms with Crippen molar-refractivity contribution in [3.8, 4) is 0 Å². The lowest BCUT2D eigenvalue weighted by Crippen LogP contribution is -2.41. The molecule has 0 amide bonds. The van der Waals surface area contributed by atoms with Gasteiger partial charge in [-0.05, 0) is 50.8 Å². The monoisotopic (exact) mass is 416 g/mol. The smallest absolute Gasteiger partial charge is 0.241 e. The van der Waals surface area contributed by atoms with Crippen LogP contribution in [0, 0.1) is 0 Å². The third-order valence-corrected chi connectivity index (χ3v) is 6.01. The molecule has 0 heterocycles. The second-order valence-electron chi connectivity index (χ2n) is 7.90. The highest BCUT2D eigenvalue weighted by atomic mass is 32.2. The minimum absolute atomic E-state index is 0.280. The molecule has 0 saturated heterocycles. The number of aryl methyl sites for hydroxylation is 1. The average Bonchev–Trinajstić information content (AvgIpc) is 2.66. The number of nitrogens with zero attached hydrogens (tertiary/aromatic N) is 1. The first-order valence-corrected chi connectivity index (χ1v) is 11.3. The van der Waals surface area contributed by atoms with Crippen LogP contribution in [0.2, 0.25) is 0 Å². The van der Waals surface area contributed by atoms with Crippen LogP contribution < -0.4 is 15.4 Å². The zero-order valence-corrected chi connectivity index (χ0v) is 18.5. The fraction of sp³-hybridized carbons (Fsp3) is 0.409. The number of aliphatic imine (C=N–C) groups is 1. The number of hydrogen-bond acceptors (Lipinski definition) is 3. The second kappa shape index (κ2) is 10.4. The van der Waals surface area contributed by atoms with Gasteiger partial charge in [0.05, 0.1) is 4.90 Å². The van der Waals surface area contributed by atoms with Gasteiger partial charge >= 0.3 is 0 Å². The Bertz CT molecular complexity index is 904.